The minimum Gasteiger partial charge on any atom is -0.381 e. The van der Waals surface area contributed by atoms with E-state index in [9.17, 15) is 4.79 Å². The van der Waals surface area contributed by atoms with Crippen molar-refractivity contribution in [2.45, 2.75) is 38.1 Å². The summed E-state index contributed by atoms with van der Waals surface area (Å²) in [6, 6.07) is -0.129. The van der Waals surface area contributed by atoms with Gasteiger partial charge in [0, 0.05) is 0 Å². The minimum atomic E-state index is -0.129. The molecule has 1 aliphatic rings. The van der Waals surface area contributed by atoms with Crippen molar-refractivity contribution in [3.63, 3.8) is 0 Å². The van der Waals surface area contributed by atoms with E-state index in [1.165, 1.54) is 19.3 Å². The van der Waals surface area contributed by atoms with Crippen LogP contribution in [0.2, 0.25) is 0 Å². The lowest BCUT2D eigenvalue weighted by atomic mass is 9.84. The fourth-order valence-electron chi connectivity index (χ4n) is 1.92. The van der Waals surface area contributed by atoms with Crippen molar-refractivity contribution in [1.29, 1.82) is 0 Å². The van der Waals surface area contributed by atoms with Gasteiger partial charge in [0.25, 0.3) is 0 Å². The lowest BCUT2D eigenvalue weighted by molar-refractivity contribution is -0.111. The van der Waals surface area contributed by atoms with Crippen LogP contribution in [0.25, 0.3) is 0 Å². The third kappa shape index (κ3) is 2.57. The number of aliphatic hydroxyl groups excluding tert-OH is 1. The van der Waals surface area contributed by atoms with Gasteiger partial charge in [-0.05, 0) is 18.8 Å². The first-order valence-corrected chi connectivity index (χ1v) is 4.68. The zero-order valence-electron chi connectivity index (χ0n) is 7.33. The van der Waals surface area contributed by atoms with Crippen LogP contribution < -0.4 is 5.32 Å². The minimum absolute atomic E-state index is 0.0973. The lowest BCUT2D eigenvalue weighted by Crippen LogP contribution is -2.39. The molecular formula is C9H17NO2. The molecule has 0 saturated heterocycles. The van der Waals surface area contributed by atoms with Gasteiger partial charge >= 0.3 is 0 Å². The number of carbonyl (C=O) groups excluding carboxylic acids is 1. The van der Waals surface area contributed by atoms with Gasteiger partial charge in [0.15, 0.2) is 0 Å². The van der Waals surface area contributed by atoms with E-state index < -0.39 is 0 Å². The van der Waals surface area contributed by atoms with Crippen LogP contribution >= 0.6 is 0 Å². The maximum absolute atomic E-state index is 10.6. The molecule has 3 heteroatoms. The van der Waals surface area contributed by atoms with Crippen LogP contribution in [0.1, 0.15) is 32.1 Å². The normalized spacial score (nSPS) is 22.1. The molecule has 1 aliphatic carbocycles. The molecule has 1 unspecified atom stereocenters. The highest BCUT2D eigenvalue weighted by molar-refractivity contribution is 5.58. The Morgan fingerprint density at radius 3 is 2.58 bits per heavy atom. The summed E-state index contributed by atoms with van der Waals surface area (Å²) in [5.74, 6) is 0.448. The molecule has 3 nitrogen and oxygen atoms in total. The fourth-order valence-corrected chi connectivity index (χ4v) is 1.92. The number of hydrogen-bond donors (Lipinski definition) is 2. The maximum atomic E-state index is 10.6. The molecule has 2 N–H and O–H groups in total. The van der Waals surface area contributed by atoms with Gasteiger partial charge in [-0.2, -0.15) is 0 Å². The number of aliphatic hydroxyl groups is 1. The second-order valence-corrected chi connectivity index (χ2v) is 3.42. The van der Waals surface area contributed by atoms with E-state index in [-0.39, 0.29) is 12.8 Å². The molecule has 0 aliphatic heterocycles. The van der Waals surface area contributed by atoms with Crippen molar-refractivity contribution in [3.8, 4) is 0 Å². The van der Waals surface area contributed by atoms with Gasteiger partial charge in [-0.25, -0.2) is 0 Å². The highest BCUT2D eigenvalue weighted by atomic mass is 16.3. The molecule has 0 aromatic carbocycles. The smallest absolute Gasteiger partial charge is 0.137 e. The van der Waals surface area contributed by atoms with E-state index in [1.54, 1.807) is 0 Å². The molecule has 1 fully saturated rings. The van der Waals surface area contributed by atoms with Gasteiger partial charge in [0.05, 0.1) is 12.8 Å². The first-order valence-electron chi connectivity index (χ1n) is 4.68. The zero-order valence-corrected chi connectivity index (χ0v) is 7.33. The van der Waals surface area contributed by atoms with Gasteiger partial charge in [0.1, 0.15) is 6.29 Å². The summed E-state index contributed by atoms with van der Waals surface area (Å²) in [7, 11) is 0. The first-order chi connectivity index (χ1) is 5.88. The molecule has 0 aromatic rings. The summed E-state index contributed by atoms with van der Waals surface area (Å²) in [4.78, 5) is 10.6. The average Bonchev–Trinajstić information content (AvgIpc) is 2.15. The summed E-state index contributed by atoms with van der Waals surface area (Å²) in [6.07, 6.45) is 6.91. The van der Waals surface area contributed by atoms with E-state index in [4.69, 9.17) is 5.11 Å². The van der Waals surface area contributed by atoms with E-state index in [0.717, 1.165) is 19.1 Å². The lowest BCUT2D eigenvalue weighted by Gasteiger charge is -2.26. The SMILES string of the molecule is O=CC(NCO)C1CCCCC1. The average molecular weight is 171 g/mol. The molecular weight excluding hydrogens is 154 g/mol. The molecule has 0 amide bonds. The number of aldehydes is 1. The first kappa shape index (κ1) is 9.68. The molecule has 1 saturated carbocycles. The Morgan fingerprint density at radius 2 is 2.08 bits per heavy atom. The predicted octanol–water partition coefficient (Wildman–Crippen LogP) is 0.674. The second kappa shape index (κ2) is 5.27. The van der Waals surface area contributed by atoms with Gasteiger partial charge < -0.3 is 9.90 Å². The molecule has 1 atom stereocenters. The zero-order chi connectivity index (χ0) is 8.81. The van der Waals surface area contributed by atoms with Crippen molar-refractivity contribution >= 4 is 6.29 Å². The molecule has 0 radical (unpaired) electrons. The standard InChI is InChI=1S/C9H17NO2/c11-6-9(10-7-12)8-4-2-1-3-5-8/h6,8-10,12H,1-5,7H2. The van der Waals surface area contributed by atoms with Crippen LogP contribution in [0.4, 0.5) is 0 Å². The van der Waals surface area contributed by atoms with Crippen LogP contribution in [-0.2, 0) is 4.79 Å². The fraction of sp³-hybridized carbons (Fsp3) is 0.889. The summed E-state index contributed by atoms with van der Waals surface area (Å²) in [5, 5.41) is 11.4. The monoisotopic (exact) mass is 171 g/mol. The number of carbonyl (C=O) groups is 1. The van der Waals surface area contributed by atoms with Crippen LogP contribution in [0.5, 0.6) is 0 Å². The quantitative estimate of drug-likeness (QED) is 0.483. The van der Waals surface area contributed by atoms with Crippen LogP contribution in [0.3, 0.4) is 0 Å². The molecule has 12 heavy (non-hydrogen) atoms. The van der Waals surface area contributed by atoms with E-state index in [2.05, 4.69) is 5.32 Å². The topological polar surface area (TPSA) is 49.3 Å². The third-order valence-corrected chi connectivity index (χ3v) is 2.63. The Balaban J connectivity index is 2.34. The van der Waals surface area contributed by atoms with Gasteiger partial charge in [-0.15, -0.1) is 0 Å². The molecule has 1 rings (SSSR count). The van der Waals surface area contributed by atoms with Crippen LogP contribution in [-0.4, -0.2) is 24.2 Å². The molecule has 0 heterocycles. The molecule has 0 bridgehead atoms. The van der Waals surface area contributed by atoms with Crippen molar-refractivity contribution in [2.75, 3.05) is 6.73 Å². The van der Waals surface area contributed by atoms with Crippen molar-refractivity contribution in [3.05, 3.63) is 0 Å². The molecule has 70 valence electrons. The molecule has 0 aromatic heterocycles. The highest BCUT2D eigenvalue weighted by Crippen LogP contribution is 2.25. The summed E-state index contributed by atoms with van der Waals surface area (Å²) >= 11 is 0. The van der Waals surface area contributed by atoms with Crippen molar-refractivity contribution in [1.82, 2.24) is 5.32 Å². The number of nitrogens with one attached hydrogen (secondary N) is 1. The maximum Gasteiger partial charge on any atom is 0.137 e. The van der Waals surface area contributed by atoms with Gasteiger partial charge in [-0.3, -0.25) is 5.32 Å². The van der Waals surface area contributed by atoms with Gasteiger partial charge in [0.2, 0.25) is 0 Å². The summed E-state index contributed by atoms with van der Waals surface area (Å²) in [5.41, 5.74) is 0. The summed E-state index contributed by atoms with van der Waals surface area (Å²) in [6.45, 7) is -0.0973. The van der Waals surface area contributed by atoms with E-state index >= 15 is 0 Å². The Hall–Kier alpha value is -0.410. The third-order valence-electron chi connectivity index (χ3n) is 2.63. The number of rotatable bonds is 4. The van der Waals surface area contributed by atoms with Crippen molar-refractivity contribution < 1.29 is 9.90 Å². The second-order valence-electron chi connectivity index (χ2n) is 3.42. The Bertz CT molecular complexity index is 132. The summed E-state index contributed by atoms with van der Waals surface area (Å²) < 4.78 is 0. The Morgan fingerprint density at radius 1 is 1.42 bits per heavy atom. The Labute approximate surface area is 73.2 Å². The van der Waals surface area contributed by atoms with E-state index in [0.29, 0.717) is 5.92 Å². The van der Waals surface area contributed by atoms with Gasteiger partial charge in [-0.1, -0.05) is 19.3 Å². The largest absolute Gasteiger partial charge is 0.381 e. The molecule has 0 spiro atoms. The van der Waals surface area contributed by atoms with Crippen molar-refractivity contribution in [2.24, 2.45) is 5.92 Å². The van der Waals surface area contributed by atoms with E-state index in [1.807, 2.05) is 0 Å². The predicted molar refractivity (Wildman–Crippen MR) is 46.6 cm³/mol. The Kier molecular flexibility index (Phi) is 4.25. The van der Waals surface area contributed by atoms with Crippen LogP contribution in [0.15, 0.2) is 0 Å². The number of hydrogen-bond acceptors (Lipinski definition) is 3. The van der Waals surface area contributed by atoms with Crippen LogP contribution in [0, 0.1) is 5.92 Å². The highest BCUT2D eigenvalue weighted by Gasteiger charge is 2.21.